The van der Waals surface area contributed by atoms with Gasteiger partial charge in [-0.15, -0.1) is 0 Å². The van der Waals surface area contributed by atoms with Crippen LogP contribution in [0.1, 0.15) is 0 Å². The monoisotopic (exact) mass is 153 g/mol. The highest BCUT2D eigenvalue weighted by atomic mass is 16.3. The molecule has 0 spiro atoms. The van der Waals surface area contributed by atoms with E-state index >= 15 is 0 Å². The lowest BCUT2D eigenvalue weighted by Gasteiger charge is -2.06. The van der Waals surface area contributed by atoms with Gasteiger partial charge in [0.2, 0.25) is 0 Å². The molecule has 0 heterocycles. The molecule has 0 saturated heterocycles. The highest BCUT2D eigenvalue weighted by molar-refractivity contribution is 5.13. The van der Waals surface area contributed by atoms with E-state index in [1.54, 1.807) is 13.1 Å². The lowest BCUT2D eigenvalue weighted by molar-refractivity contribution is 0.258. The van der Waals surface area contributed by atoms with Gasteiger partial charge in [-0.05, 0) is 6.20 Å². The Labute approximate surface area is 65.8 Å². The first-order valence-electron chi connectivity index (χ1n) is 3.08. The zero-order valence-electron chi connectivity index (χ0n) is 6.33. The van der Waals surface area contributed by atoms with E-state index in [-0.39, 0.29) is 0 Å². The Kier molecular flexibility index (Phi) is 4.61. The van der Waals surface area contributed by atoms with Crippen molar-refractivity contribution in [2.24, 2.45) is 0 Å². The molecular weight excluding hydrogens is 142 g/mol. The maximum absolute atomic E-state index is 8.98. The third-order valence-corrected chi connectivity index (χ3v) is 1.06. The maximum Gasteiger partial charge on any atom is 0.181 e. The molecule has 4 heteroatoms. The first kappa shape index (κ1) is 9.53. The van der Waals surface area contributed by atoms with E-state index in [1.807, 2.05) is 0 Å². The summed E-state index contributed by atoms with van der Waals surface area (Å²) in [5.74, 6) is 0. The number of hydrogen-bond acceptors (Lipinski definition) is 4. The van der Waals surface area contributed by atoms with Crippen molar-refractivity contribution in [3.05, 3.63) is 24.7 Å². The van der Waals surface area contributed by atoms with Crippen LogP contribution in [0.25, 0.3) is 0 Å². The second-order valence-corrected chi connectivity index (χ2v) is 1.75. The van der Waals surface area contributed by atoms with Gasteiger partial charge >= 0.3 is 0 Å². The van der Waals surface area contributed by atoms with Gasteiger partial charge in [0.1, 0.15) is 6.07 Å². The third-order valence-electron chi connectivity index (χ3n) is 1.06. The lowest BCUT2D eigenvalue weighted by atomic mass is 10.3. The number of nitriles is 1. The zero-order valence-corrected chi connectivity index (χ0v) is 6.33. The number of aliphatic hydroxyl groups is 1. The molecule has 1 atom stereocenters. The molecule has 0 fully saturated rings. The summed E-state index contributed by atoms with van der Waals surface area (Å²) in [4.78, 5) is 0. The van der Waals surface area contributed by atoms with Crippen LogP contribution < -0.4 is 10.6 Å². The van der Waals surface area contributed by atoms with Gasteiger partial charge in [0.15, 0.2) is 6.10 Å². The summed E-state index contributed by atoms with van der Waals surface area (Å²) in [5, 5.41) is 22.6. The second-order valence-electron chi connectivity index (χ2n) is 1.75. The van der Waals surface area contributed by atoms with Gasteiger partial charge in [0.25, 0.3) is 0 Å². The van der Waals surface area contributed by atoms with Gasteiger partial charge in [0.05, 0.1) is 5.70 Å². The van der Waals surface area contributed by atoms with Gasteiger partial charge in [-0.3, -0.25) is 0 Å². The fourth-order valence-corrected chi connectivity index (χ4v) is 0.506. The van der Waals surface area contributed by atoms with E-state index in [4.69, 9.17) is 10.4 Å². The van der Waals surface area contributed by atoms with Crippen molar-refractivity contribution < 1.29 is 5.11 Å². The van der Waals surface area contributed by atoms with Crippen molar-refractivity contribution in [3.8, 4) is 6.07 Å². The van der Waals surface area contributed by atoms with E-state index < -0.39 is 6.10 Å². The molecule has 0 aliphatic carbocycles. The van der Waals surface area contributed by atoms with E-state index in [9.17, 15) is 0 Å². The predicted octanol–water partition coefficient (Wildman–Crippen LogP) is -0.335. The Morgan fingerprint density at radius 3 is 2.82 bits per heavy atom. The van der Waals surface area contributed by atoms with E-state index in [2.05, 4.69) is 17.2 Å². The average molecular weight is 153 g/mol. The largest absolute Gasteiger partial charge is 0.387 e. The van der Waals surface area contributed by atoms with Crippen molar-refractivity contribution in [2.45, 2.75) is 6.10 Å². The van der Waals surface area contributed by atoms with Crippen LogP contribution in [-0.2, 0) is 0 Å². The zero-order chi connectivity index (χ0) is 8.69. The molecule has 1 unspecified atom stereocenters. The number of nitrogens with zero attached hydrogens (tertiary/aromatic N) is 1. The molecular formula is C7H11N3O. The highest BCUT2D eigenvalue weighted by Gasteiger charge is 2.05. The molecule has 60 valence electrons. The molecule has 0 amide bonds. The van der Waals surface area contributed by atoms with Crippen LogP contribution in [0.2, 0.25) is 0 Å². The number of likely N-dealkylation sites (N-methyl/N-ethyl adjacent to an activating group) is 1. The summed E-state index contributed by atoms with van der Waals surface area (Å²) in [7, 11) is 1.62. The van der Waals surface area contributed by atoms with Crippen molar-refractivity contribution in [1.29, 1.82) is 5.26 Å². The summed E-state index contributed by atoms with van der Waals surface area (Å²) in [6, 6.07) is 1.68. The van der Waals surface area contributed by atoms with Gasteiger partial charge < -0.3 is 15.7 Å². The van der Waals surface area contributed by atoms with Gasteiger partial charge in [-0.2, -0.15) is 5.26 Å². The molecule has 0 radical (unpaired) electrons. The first-order chi connectivity index (χ1) is 5.26. The highest BCUT2D eigenvalue weighted by Crippen LogP contribution is 1.93. The van der Waals surface area contributed by atoms with Gasteiger partial charge in [-0.25, -0.2) is 0 Å². The fourth-order valence-electron chi connectivity index (χ4n) is 0.506. The minimum absolute atomic E-state index is 0.410. The molecule has 0 aliphatic heterocycles. The molecule has 0 rings (SSSR count). The van der Waals surface area contributed by atoms with Crippen LogP contribution in [0.4, 0.5) is 0 Å². The number of nitrogens with one attached hydrogen (secondary N) is 2. The van der Waals surface area contributed by atoms with Crippen molar-refractivity contribution >= 4 is 0 Å². The second kappa shape index (κ2) is 5.33. The standard InChI is InChI=1S/C7H11N3O/c1-3-10-5-6(9-2)7(11)4-8/h3,5,7,9-11H,1H2,2H3/b6-5-. The molecule has 0 saturated carbocycles. The van der Waals surface area contributed by atoms with Crippen LogP contribution in [-0.4, -0.2) is 18.3 Å². The predicted molar refractivity (Wildman–Crippen MR) is 42.1 cm³/mol. The van der Waals surface area contributed by atoms with E-state index in [1.165, 1.54) is 12.4 Å². The van der Waals surface area contributed by atoms with Crippen molar-refractivity contribution in [2.75, 3.05) is 7.05 Å². The first-order valence-corrected chi connectivity index (χ1v) is 3.08. The number of aliphatic hydroxyl groups excluding tert-OH is 1. The summed E-state index contributed by atoms with van der Waals surface area (Å²) in [6.07, 6.45) is 1.80. The number of hydrogen-bond donors (Lipinski definition) is 3. The van der Waals surface area contributed by atoms with Crippen LogP contribution in [0.15, 0.2) is 24.7 Å². The van der Waals surface area contributed by atoms with Crippen LogP contribution in [0.3, 0.4) is 0 Å². The molecule has 0 aromatic heterocycles. The molecule has 0 aromatic rings. The molecule has 4 nitrogen and oxygen atoms in total. The van der Waals surface area contributed by atoms with E-state index in [0.29, 0.717) is 5.70 Å². The average Bonchev–Trinajstić information content (AvgIpc) is 2.05. The fraction of sp³-hybridized carbons (Fsp3) is 0.286. The number of rotatable bonds is 4. The normalized spacial score (nSPS) is 13.0. The van der Waals surface area contributed by atoms with Gasteiger partial charge in [-0.1, -0.05) is 6.58 Å². The van der Waals surface area contributed by atoms with E-state index in [0.717, 1.165) is 0 Å². The SMILES string of the molecule is C=CN/C=C(\NC)C(O)C#N. The Morgan fingerprint density at radius 1 is 1.82 bits per heavy atom. The van der Waals surface area contributed by atoms with Crippen molar-refractivity contribution in [3.63, 3.8) is 0 Å². The Morgan fingerprint density at radius 2 is 2.45 bits per heavy atom. The summed E-state index contributed by atoms with van der Waals surface area (Å²) >= 11 is 0. The Balaban J connectivity index is 4.16. The Bertz CT molecular complexity index is 192. The summed E-state index contributed by atoms with van der Waals surface area (Å²) in [5.41, 5.74) is 0.410. The van der Waals surface area contributed by atoms with Crippen LogP contribution in [0.5, 0.6) is 0 Å². The molecule has 0 aromatic carbocycles. The molecule has 11 heavy (non-hydrogen) atoms. The van der Waals surface area contributed by atoms with Crippen molar-refractivity contribution in [1.82, 2.24) is 10.6 Å². The minimum atomic E-state index is -1.12. The third kappa shape index (κ3) is 3.28. The molecule has 0 aliphatic rings. The maximum atomic E-state index is 8.98. The topological polar surface area (TPSA) is 68.1 Å². The lowest BCUT2D eigenvalue weighted by Crippen LogP contribution is -2.21. The minimum Gasteiger partial charge on any atom is -0.387 e. The molecule has 0 bridgehead atoms. The Hall–Kier alpha value is -1.47. The van der Waals surface area contributed by atoms with Crippen LogP contribution in [0, 0.1) is 11.3 Å². The quantitative estimate of drug-likeness (QED) is 0.483. The summed E-state index contributed by atoms with van der Waals surface area (Å²) < 4.78 is 0. The smallest absolute Gasteiger partial charge is 0.181 e. The summed E-state index contributed by atoms with van der Waals surface area (Å²) in [6.45, 7) is 3.40. The molecule has 3 N–H and O–H groups in total. The van der Waals surface area contributed by atoms with Crippen LogP contribution >= 0.6 is 0 Å². The van der Waals surface area contributed by atoms with Gasteiger partial charge in [0, 0.05) is 13.2 Å².